The van der Waals surface area contributed by atoms with Crippen LogP contribution >= 0.6 is 11.6 Å². The molecule has 1 atom stereocenters. The van der Waals surface area contributed by atoms with E-state index in [1.807, 2.05) is 0 Å². The van der Waals surface area contributed by atoms with E-state index in [1.54, 1.807) is 20.8 Å². The van der Waals surface area contributed by atoms with Crippen LogP contribution in [-0.2, 0) is 9.59 Å². The fraction of sp³-hybridized carbons (Fsp3) is 0.429. The fourth-order valence-corrected chi connectivity index (χ4v) is 1.83. The van der Waals surface area contributed by atoms with Gasteiger partial charge >= 0.3 is 5.97 Å². The Balaban J connectivity index is 2.81. The predicted octanol–water partition coefficient (Wildman–Crippen LogP) is 3.12. The van der Waals surface area contributed by atoms with Gasteiger partial charge in [-0.05, 0) is 31.0 Å². The lowest BCUT2D eigenvalue weighted by molar-refractivity contribution is -0.153. The van der Waals surface area contributed by atoms with Crippen molar-refractivity contribution in [3.8, 4) is 5.75 Å². The second-order valence-electron chi connectivity index (χ2n) is 5.27. The van der Waals surface area contributed by atoms with Crippen molar-refractivity contribution >= 4 is 29.2 Å². The first-order chi connectivity index (χ1) is 9.16. The van der Waals surface area contributed by atoms with Crippen molar-refractivity contribution in [2.75, 3.05) is 5.32 Å². The molecule has 1 amide bonds. The summed E-state index contributed by atoms with van der Waals surface area (Å²) < 4.78 is 0. The number of rotatable bonds is 5. The van der Waals surface area contributed by atoms with Crippen LogP contribution in [0, 0.1) is 11.3 Å². The largest absolute Gasteiger partial charge is 0.506 e. The monoisotopic (exact) mass is 299 g/mol. The molecule has 0 heterocycles. The number of phenolic OH excluding ortho intramolecular Hbond substituents is 1. The number of carboxylic acid groups (broad SMARTS) is 1. The number of halogens is 1. The standard InChI is InChI=1S/C14H18ClNO4/c1-8(2)14(3,13(19)20)7-12(18)16-9-4-5-11(17)10(15)6-9/h4-6,8,17H,7H2,1-3H3,(H,16,18)(H,19,20). The van der Waals surface area contributed by atoms with E-state index in [0.717, 1.165) is 0 Å². The highest BCUT2D eigenvalue weighted by molar-refractivity contribution is 6.32. The van der Waals surface area contributed by atoms with E-state index in [-0.39, 0.29) is 23.1 Å². The Hall–Kier alpha value is -1.75. The second kappa shape index (κ2) is 6.13. The van der Waals surface area contributed by atoms with Gasteiger partial charge in [0.1, 0.15) is 5.75 Å². The fourth-order valence-electron chi connectivity index (χ4n) is 1.65. The number of phenols is 1. The van der Waals surface area contributed by atoms with Crippen LogP contribution < -0.4 is 5.32 Å². The highest BCUT2D eigenvalue weighted by atomic mass is 35.5. The van der Waals surface area contributed by atoms with Crippen LogP contribution in [0.15, 0.2) is 18.2 Å². The maximum Gasteiger partial charge on any atom is 0.310 e. The second-order valence-corrected chi connectivity index (χ2v) is 5.68. The lowest BCUT2D eigenvalue weighted by Crippen LogP contribution is -2.37. The molecule has 0 bridgehead atoms. The van der Waals surface area contributed by atoms with Gasteiger partial charge in [-0.1, -0.05) is 25.4 Å². The zero-order chi connectivity index (χ0) is 15.5. The summed E-state index contributed by atoms with van der Waals surface area (Å²) in [6, 6.07) is 4.26. The minimum absolute atomic E-state index is 0.0813. The maximum atomic E-state index is 12.0. The summed E-state index contributed by atoms with van der Waals surface area (Å²) in [5, 5.41) is 21.2. The molecule has 20 heavy (non-hydrogen) atoms. The molecule has 110 valence electrons. The molecule has 0 aliphatic heterocycles. The third-order valence-electron chi connectivity index (χ3n) is 3.52. The summed E-state index contributed by atoms with van der Waals surface area (Å²) in [5.41, 5.74) is -0.723. The molecule has 3 N–H and O–H groups in total. The van der Waals surface area contributed by atoms with Gasteiger partial charge in [0.15, 0.2) is 0 Å². The molecule has 0 spiro atoms. The molecule has 0 saturated heterocycles. The number of carbonyl (C=O) groups excluding carboxylic acids is 1. The molecule has 1 aromatic carbocycles. The molecule has 5 nitrogen and oxygen atoms in total. The molecule has 1 aromatic rings. The van der Waals surface area contributed by atoms with Crippen molar-refractivity contribution in [3.05, 3.63) is 23.2 Å². The Bertz CT molecular complexity index is 530. The Kier molecular flexibility index (Phi) is 5.00. The van der Waals surface area contributed by atoms with Crippen LogP contribution in [0.4, 0.5) is 5.69 Å². The molecule has 0 radical (unpaired) electrons. The summed E-state index contributed by atoms with van der Waals surface area (Å²) in [6.45, 7) is 5.07. The SMILES string of the molecule is CC(C)C(C)(CC(=O)Nc1ccc(O)c(Cl)c1)C(=O)O. The van der Waals surface area contributed by atoms with E-state index >= 15 is 0 Å². The van der Waals surface area contributed by atoms with Crippen molar-refractivity contribution in [2.45, 2.75) is 27.2 Å². The van der Waals surface area contributed by atoms with Crippen LogP contribution in [0.3, 0.4) is 0 Å². The number of carbonyl (C=O) groups is 2. The number of hydrogen-bond donors (Lipinski definition) is 3. The number of aromatic hydroxyl groups is 1. The molecular weight excluding hydrogens is 282 g/mol. The van der Waals surface area contributed by atoms with Crippen LogP contribution in [-0.4, -0.2) is 22.1 Å². The van der Waals surface area contributed by atoms with Gasteiger partial charge in [-0.25, -0.2) is 0 Å². The third kappa shape index (κ3) is 3.63. The minimum atomic E-state index is -1.13. The normalized spacial score (nSPS) is 13.8. The first-order valence-corrected chi connectivity index (χ1v) is 6.56. The Morgan fingerprint density at radius 3 is 2.45 bits per heavy atom. The van der Waals surface area contributed by atoms with Crippen molar-refractivity contribution in [1.82, 2.24) is 0 Å². The average molecular weight is 300 g/mol. The molecule has 0 saturated carbocycles. The van der Waals surface area contributed by atoms with E-state index in [4.69, 9.17) is 11.6 Å². The van der Waals surface area contributed by atoms with Gasteiger partial charge in [0, 0.05) is 12.1 Å². The summed E-state index contributed by atoms with van der Waals surface area (Å²) in [4.78, 5) is 23.3. The number of hydrogen-bond acceptors (Lipinski definition) is 3. The smallest absolute Gasteiger partial charge is 0.310 e. The predicted molar refractivity (Wildman–Crippen MR) is 76.9 cm³/mol. The number of nitrogens with one attached hydrogen (secondary N) is 1. The number of amides is 1. The summed E-state index contributed by atoms with van der Waals surface area (Å²) in [7, 11) is 0. The molecule has 0 aromatic heterocycles. The quantitative estimate of drug-likeness (QED) is 0.729. The first-order valence-electron chi connectivity index (χ1n) is 6.18. The van der Waals surface area contributed by atoms with Crippen molar-refractivity contribution in [1.29, 1.82) is 0 Å². The molecular formula is C14H18ClNO4. The number of anilines is 1. The van der Waals surface area contributed by atoms with E-state index in [1.165, 1.54) is 18.2 Å². The average Bonchev–Trinajstić information content (AvgIpc) is 2.33. The molecule has 6 heteroatoms. The Morgan fingerprint density at radius 2 is 2.00 bits per heavy atom. The highest BCUT2D eigenvalue weighted by Crippen LogP contribution is 2.32. The van der Waals surface area contributed by atoms with Crippen molar-refractivity contribution in [3.63, 3.8) is 0 Å². The van der Waals surface area contributed by atoms with Gasteiger partial charge in [-0.15, -0.1) is 0 Å². The number of carboxylic acids is 1. The van der Waals surface area contributed by atoms with Crippen molar-refractivity contribution < 1.29 is 19.8 Å². The number of aliphatic carboxylic acids is 1. The van der Waals surface area contributed by atoms with E-state index in [2.05, 4.69) is 5.32 Å². The van der Waals surface area contributed by atoms with Gasteiger partial charge in [-0.3, -0.25) is 9.59 Å². The first kappa shape index (κ1) is 16.3. The van der Waals surface area contributed by atoms with Crippen LogP contribution in [0.5, 0.6) is 5.75 Å². The van der Waals surface area contributed by atoms with Gasteiger partial charge < -0.3 is 15.5 Å². The third-order valence-corrected chi connectivity index (χ3v) is 3.82. The lowest BCUT2D eigenvalue weighted by atomic mass is 9.76. The molecule has 1 rings (SSSR count). The number of benzene rings is 1. The molecule has 0 aliphatic carbocycles. The van der Waals surface area contributed by atoms with E-state index in [0.29, 0.717) is 5.69 Å². The maximum absolute atomic E-state index is 12.0. The zero-order valence-corrected chi connectivity index (χ0v) is 12.4. The van der Waals surface area contributed by atoms with E-state index < -0.39 is 17.3 Å². The lowest BCUT2D eigenvalue weighted by Gasteiger charge is -2.28. The van der Waals surface area contributed by atoms with Crippen LogP contribution in [0.2, 0.25) is 5.02 Å². The van der Waals surface area contributed by atoms with Crippen LogP contribution in [0.1, 0.15) is 27.2 Å². The van der Waals surface area contributed by atoms with Gasteiger partial charge in [0.25, 0.3) is 0 Å². The highest BCUT2D eigenvalue weighted by Gasteiger charge is 2.38. The summed E-state index contributed by atoms with van der Waals surface area (Å²) in [5.74, 6) is -1.69. The summed E-state index contributed by atoms with van der Waals surface area (Å²) in [6.07, 6.45) is -0.140. The Labute approximate surface area is 122 Å². The van der Waals surface area contributed by atoms with Gasteiger partial charge in [-0.2, -0.15) is 0 Å². The van der Waals surface area contributed by atoms with E-state index in [9.17, 15) is 19.8 Å². The summed E-state index contributed by atoms with van der Waals surface area (Å²) >= 11 is 5.74. The van der Waals surface area contributed by atoms with Crippen LogP contribution in [0.25, 0.3) is 0 Å². The Morgan fingerprint density at radius 1 is 1.40 bits per heavy atom. The zero-order valence-electron chi connectivity index (χ0n) is 11.6. The van der Waals surface area contributed by atoms with Gasteiger partial charge in [0.2, 0.25) is 5.91 Å². The minimum Gasteiger partial charge on any atom is -0.506 e. The molecule has 0 aliphatic rings. The topological polar surface area (TPSA) is 86.6 Å². The molecule has 0 fully saturated rings. The molecule has 1 unspecified atom stereocenters. The van der Waals surface area contributed by atoms with Gasteiger partial charge in [0.05, 0.1) is 10.4 Å². The van der Waals surface area contributed by atoms with Crippen molar-refractivity contribution in [2.24, 2.45) is 11.3 Å².